The van der Waals surface area contributed by atoms with E-state index in [-0.39, 0.29) is 0 Å². The second-order valence-electron chi connectivity index (χ2n) is 15.4. The highest BCUT2D eigenvalue weighted by molar-refractivity contribution is 6.36. The Balaban J connectivity index is 1.03. The van der Waals surface area contributed by atoms with Crippen LogP contribution in [0, 0.1) is 5.41 Å². The molecule has 3 heterocycles. The van der Waals surface area contributed by atoms with Gasteiger partial charge in [-0.15, -0.1) is 0 Å². The molecule has 0 unspecified atom stereocenters. The number of fused-ring (bicyclic) bond motifs is 4. The number of nitrogens with zero attached hydrogens (tertiary/aromatic N) is 3. The SMILES string of the molecule is N=C(/C(=C1\NC(c2ccc(-c3nc(-c4ccccc4)cc(-c4cccc5c4c4ccccc4n5-c4ccccc4)n3)cc2)=Cc2ccccc21)c1ccccc1)c1ccccc1. The molecule has 1 aliphatic heterocycles. The maximum Gasteiger partial charge on any atom is 0.160 e. The summed E-state index contributed by atoms with van der Waals surface area (Å²) in [4.78, 5) is 10.6. The fourth-order valence-corrected chi connectivity index (χ4v) is 8.72. The summed E-state index contributed by atoms with van der Waals surface area (Å²) in [7, 11) is 0. The molecule has 0 radical (unpaired) electrons. The molecule has 0 aliphatic carbocycles. The van der Waals surface area contributed by atoms with Crippen LogP contribution in [0.3, 0.4) is 0 Å². The lowest BCUT2D eigenvalue weighted by Crippen LogP contribution is -2.20. The standard InChI is InChI=1S/C57H39N5/c58-55(41-22-9-3-10-23-41)53(40-20-7-2-8-21-40)56-45-27-14-13-24-43(45)36-48(59-56)39-32-34-42(35-33-39)57-60-49(38-18-5-1-6-19-38)37-50(61-57)46-29-17-31-52-54(46)47-28-15-16-30-51(47)62(52)44-25-11-4-12-26-44/h1-37,58-59H/b56-53-,58-55?. The van der Waals surface area contributed by atoms with E-state index in [0.29, 0.717) is 11.5 Å². The predicted octanol–water partition coefficient (Wildman–Crippen LogP) is 13.6. The average molecular weight is 794 g/mol. The van der Waals surface area contributed by atoms with E-state index in [0.717, 1.165) is 95.0 Å². The van der Waals surface area contributed by atoms with Crippen LogP contribution >= 0.6 is 0 Å². The van der Waals surface area contributed by atoms with Crippen molar-refractivity contribution in [2.75, 3.05) is 0 Å². The van der Waals surface area contributed by atoms with Gasteiger partial charge in [0.05, 0.1) is 33.8 Å². The Labute approximate surface area is 360 Å². The van der Waals surface area contributed by atoms with Crippen LogP contribution < -0.4 is 5.32 Å². The summed E-state index contributed by atoms with van der Waals surface area (Å²) in [5, 5.41) is 15.7. The highest BCUT2D eigenvalue weighted by atomic mass is 15.0. The van der Waals surface area contributed by atoms with Gasteiger partial charge in [0.1, 0.15) is 0 Å². The minimum atomic E-state index is 0.456. The van der Waals surface area contributed by atoms with E-state index in [4.69, 9.17) is 9.97 Å². The van der Waals surface area contributed by atoms with Crippen molar-refractivity contribution in [3.8, 4) is 39.6 Å². The van der Waals surface area contributed by atoms with Gasteiger partial charge in [0.2, 0.25) is 0 Å². The van der Waals surface area contributed by atoms with Crippen LogP contribution in [0.25, 0.3) is 84.4 Å². The van der Waals surface area contributed by atoms with Crippen molar-refractivity contribution >= 4 is 50.6 Å². The molecule has 0 fully saturated rings. The largest absolute Gasteiger partial charge is 0.354 e. The second kappa shape index (κ2) is 15.6. The smallest absolute Gasteiger partial charge is 0.160 e. The molecule has 5 heteroatoms. The van der Waals surface area contributed by atoms with Crippen molar-refractivity contribution in [3.05, 3.63) is 246 Å². The molecule has 2 aromatic heterocycles. The summed E-state index contributed by atoms with van der Waals surface area (Å²) in [6, 6.07) is 75.2. The van der Waals surface area contributed by atoms with E-state index in [1.807, 2.05) is 54.6 Å². The number of hydrogen-bond acceptors (Lipinski definition) is 4. The van der Waals surface area contributed by atoms with Crippen molar-refractivity contribution in [1.82, 2.24) is 19.9 Å². The zero-order valence-electron chi connectivity index (χ0n) is 33.7. The molecule has 1 aliphatic rings. The third kappa shape index (κ3) is 6.59. The first-order valence-corrected chi connectivity index (χ1v) is 20.8. The predicted molar refractivity (Wildman–Crippen MR) is 257 cm³/mol. The number of hydrogen-bond donors (Lipinski definition) is 2. The molecule has 0 spiro atoms. The minimum Gasteiger partial charge on any atom is -0.354 e. The maximum atomic E-state index is 9.55. The van der Waals surface area contributed by atoms with Gasteiger partial charge in [-0.1, -0.05) is 188 Å². The topological polar surface area (TPSA) is 66.6 Å². The van der Waals surface area contributed by atoms with Gasteiger partial charge in [-0.25, -0.2) is 9.97 Å². The van der Waals surface area contributed by atoms with Gasteiger partial charge in [-0.3, -0.25) is 5.41 Å². The Morgan fingerprint density at radius 2 is 1.05 bits per heavy atom. The second-order valence-corrected chi connectivity index (χ2v) is 15.4. The van der Waals surface area contributed by atoms with Crippen LogP contribution in [0.4, 0.5) is 0 Å². The van der Waals surface area contributed by atoms with Gasteiger partial charge in [-0.2, -0.15) is 0 Å². The molecule has 0 amide bonds. The van der Waals surface area contributed by atoms with Gasteiger partial charge in [-0.05, 0) is 53.1 Å². The van der Waals surface area contributed by atoms with Crippen LogP contribution in [0.5, 0.6) is 0 Å². The van der Waals surface area contributed by atoms with Crippen molar-refractivity contribution in [2.45, 2.75) is 0 Å². The molecule has 0 saturated carbocycles. The van der Waals surface area contributed by atoms with E-state index in [1.165, 1.54) is 5.39 Å². The van der Waals surface area contributed by atoms with Crippen molar-refractivity contribution in [3.63, 3.8) is 0 Å². The van der Waals surface area contributed by atoms with E-state index >= 15 is 0 Å². The van der Waals surface area contributed by atoms with Crippen LogP contribution in [-0.2, 0) is 0 Å². The molecule has 0 bridgehead atoms. The lowest BCUT2D eigenvalue weighted by Gasteiger charge is -2.26. The van der Waals surface area contributed by atoms with Gasteiger partial charge >= 0.3 is 0 Å². The average Bonchev–Trinajstić information content (AvgIpc) is 3.70. The Kier molecular flexibility index (Phi) is 9.25. The molecule has 62 heavy (non-hydrogen) atoms. The number of rotatable bonds is 8. The van der Waals surface area contributed by atoms with Gasteiger partial charge in [0.15, 0.2) is 5.82 Å². The summed E-state index contributed by atoms with van der Waals surface area (Å²) >= 11 is 0. The summed E-state index contributed by atoms with van der Waals surface area (Å²) in [5.41, 5.74) is 16.2. The number of allylic oxidation sites excluding steroid dienone is 1. The summed E-state index contributed by atoms with van der Waals surface area (Å²) in [5.74, 6) is 0.649. The fraction of sp³-hybridized carbons (Fsp3) is 0. The normalized spacial score (nSPS) is 13.0. The highest BCUT2D eigenvalue weighted by Gasteiger charge is 2.24. The Morgan fingerprint density at radius 1 is 0.468 bits per heavy atom. The number of nitrogens with one attached hydrogen (secondary N) is 2. The first-order valence-electron chi connectivity index (χ1n) is 20.8. The lowest BCUT2D eigenvalue weighted by molar-refractivity contribution is 1.17. The zero-order valence-corrected chi connectivity index (χ0v) is 33.7. The molecule has 292 valence electrons. The van der Waals surface area contributed by atoms with E-state index in [2.05, 4.69) is 180 Å². The first kappa shape index (κ1) is 36.7. The molecule has 5 nitrogen and oxygen atoms in total. The van der Waals surface area contributed by atoms with E-state index in [9.17, 15) is 5.41 Å². The van der Waals surface area contributed by atoms with Crippen molar-refractivity contribution < 1.29 is 0 Å². The molecule has 8 aromatic carbocycles. The zero-order chi connectivity index (χ0) is 41.4. The minimum absolute atomic E-state index is 0.456. The summed E-state index contributed by atoms with van der Waals surface area (Å²) in [6.07, 6.45) is 2.19. The van der Waals surface area contributed by atoms with Crippen molar-refractivity contribution in [1.29, 1.82) is 5.41 Å². The summed E-state index contributed by atoms with van der Waals surface area (Å²) in [6.45, 7) is 0. The quantitative estimate of drug-likeness (QED) is 0.151. The monoisotopic (exact) mass is 793 g/mol. The molecule has 2 N–H and O–H groups in total. The lowest BCUT2D eigenvalue weighted by atomic mass is 9.88. The third-order valence-electron chi connectivity index (χ3n) is 11.7. The highest BCUT2D eigenvalue weighted by Crippen LogP contribution is 2.40. The molecular formula is C57H39N5. The number of aromatic nitrogens is 3. The third-order valence-corrected chi connectivity index (χ3v) is 11.7. The van der Waals surface area contributed by atoms with Gasteiger partial charge < -0.3 is 9.88 Å². The molecule has 0 saturated heterocycles. The Morgan fingerprint density at radius 3 is 1.81 bits per heavy atom. The van der Waals surface area contributed by atoms with Crippen LogP contribution in [0.15, 0.2) is 218 Å². The Bertz CT molecular complexity index is 3350. The van der Waals surface area contributed by atoms with Crippen LogP contribution in [0.2, 0.25) is 0 Å². The fourth-order valence-electron chi connectivity index (χ4n) is 8.72. The van der Waals surface area contributed by atoms with Crippen LogP contribution in [0.1, 0.15) is 27.8 Å². The maximum absolute atomic E-state index is 9.55. The van der Waals surface area contributed by atoms with E-state index in [1.54, 1.807) is 0 Å². The van der Waals surface area contributed by atoms with Gasteiger partial charge in [0.25, 0.3) is 0 Å². The van der Waals surface area contributed by atoms with Crippen LogP contribution in [-0.4, -0.2) is 20.2 Å². The molecule has 10 aromatic rings. The van der Waals surface area contributed by atoms with Gasteiger partial charge in [0, 0.05) is 55.5 Å². The molecular weight excluding hydrogens is 755 g/mol. The van der Waals surface area contributed by atoms with E-state index < -0.39 is 0 Å². The number of benzene rings is 8. The Hall–Kier alpha value is -8.41. The summed E-state index contributed by atoms with van der Waals surface area (Å²) < 4.78 is 2.34. The molecule has 0 atom stereocenters. The first-order chi connectivity index (χ1) is 30.7. The molecule has 11 rings (SSSR count). The number of para-hydroxylation sites is 2. The van der Waals surface area contributed by atoms with Crippen molar-refractivity contribution in [2.24, 2.45) is 0 Å².